The van der Waals surface area contributed by atoms with Gasteiger partial charge in [0.15, 0.2) is 0 Å². The van der Waals surface area contributed by atoms with E-state index >= 15 is 0 Å². The topological polar surface area (TPSA) is 112 Å². The molecule has 0 saturated carbocycles. The molecule has 7 nitrogen and oxygen atoms in total. The summed E-state index contributed by atoms with van der Waals surface area (Å²) in [4.78, 5) is 51.5. The molecule has 2 N–H and O–H groups in total. The fourth-order valence-corrected chi connectivity index (χ4v) is 4.12. The van der Waals surface area contributed by atoms with Crippen LogP contribution in [0.15, 0.2) is 42.5 Å². The number of anilines is 1. The number of imide groups is 1. The SMILES string of the molecule is O=C(O)c1c2c(c(C(=O)O)c3c1C(=O)N(c1ccccc1)C3=O)CCC=CCC2. The van der Waals surface area contributed by atoms with Crippen molar-refractivity contribution in [2.45, 2.75) is 25.7 Å². The number of rotatable bonds is 3. The molecular formula is C22H17NO6. The third kappa shape index (κ3) is 2.82. The van der Waals surface area contributed by atoms with Crippen LogP contribution in [-0.4, -0.2) is 34.0 Å². The molecule has 2 aromatic carbocycles. The van der Waals surface area contributed by atoms with Crippen LogP contribution in [-0.2, 0) is 12.8 Å². The number of para-hydroxylation sites is 1. The smallest absolute Gasteiger partial charge is 0.336 e. The van der Waals surface area contributed by atoms with E-state index in [9.17, 15) is 29.4 Å². The van der Waals surface area contributed by atoms with Gasteiger partial charge >= 0.3 is 11.9 Å². The lowest BCUT2D eigenvalue weighted by atomic mass is 9.82. The van der Waals surface area contributed by atoms with E-state index in [1.165, 1.54) is 0 Å². The molecule has 0 saturated heterocycles. The Balaban J connectivity index is 2.07. The van der Waals surface area contributed by atoms with Crippen LogP contribution in [0.1, 0.15) is 65.4 Å². The van der Waals surface area contributed by atoms with Gasteiger partial charge in [-0.15, -0.1) is 0 Å². The maximum absolute atomic E-state index is 13.2. The van der Waals surface area contributed by atoms with E-state index in [2.05, 4.69) is 0 Å². The third-order valence-electron chi connectivity index (χ3n) is 5.28. The molecule has 0 atom stereocenters. The van der Waals surface area contributed by atoms with Crippen molar-refractivity contribution in [2.75, 3.05) is 4.90 Å². The number of carboxylic acids is 2. The molecule has 7 heteroatoms. The van der Waals surface area contributed by atoms with Crippen molar-refractivity contribution in [3.8, 4) is 0 Å². The lowest BCUT2D eigenvalue weighted by Crippen LogP contribution is -2.29. The van der Waals surface area contributed by atoms with Crippen molar-refractivity contribution >= 4 is 29.4 Å². The monoisotopic (exact) mass is 391 g/mol. The Kier molecular flexibility index (Phi) is 4.50. The summed E-state index contributed by atoms with van der Waals surface area (Å²) in [6.07, 6.45) is 5.43. The first-order chi connectivity index (χ1) is 13.9. The molecule has 1 aliphatic carbocycles. The third-order valence-corrected chi connectivity index (χ3v) is 5.28. The number of amides is 2. The molecule has 0 bridgehead atoms. The van der Waals surface area contributed by atoms with Gasteiger partial charge in [-0.2, -0.15) is 0 Å². The van der Waals surface area contributed by atoms with Gasteiger partial charge in [-0.1, -0.05) is 30.4 Å². The van der Waals surface area contributed by atoms with Gasteiger partial charge in [0.05, 0.1) is 27.9 Å². The predicted molar refractivity (Wildman–Crippen MR) is 104 cm³/mol. The summed E-state index contributed by atoms with van der Waals surface area (Å²) in [5, 5.41) is 19.8. The molecule has 2 amide bonds. The fraction of sp³-hybridized carbons (Fsp3) is 0.182. The Morgan fingerprint density at radius 2 is 1.21 bits per heavy atom. The number of carbonyl (C=O) groups is 4. The molecular weight excluding hydrogens is 374 g/mol. The number of benzene rings is 2. The molecule has 1 heterocycles. The molecule has 1 aliphatic heterocycles. The number of nitrogens with zero attached hydrogens (tertiary/aromatic N) is 1. The van der Waals surface area contributed by atoms with Crippen LogP contribution in [0.3, 0.4) is 0 Å². The van der Waals surface area contributed by atoms with Crippen LogP contribution >= 0.6 is 0 Å². The highest BCUT2D eigenvalue weighted by Gasteiger charge is 2.45. The zero-order chi connectivity index (χ0) is 20.7. The Bertz CT molecular complexity index is 1030. The lowest BCUT2D eigenvalue weighted by Gasteiger charge is -2.19. The zero-order valence-electron chi connectivity index (χ0n) is 15.3. The summed E-state index contributed by atoms with van der Waals surface area (Å²) in [5.74, 6) is -4.29. The first-order valence-corrected chi connectivity index (χ1v) is 9.20. The zero-order valence-corrected chi connectivity index (χ0v) is 15.3. The molecule has 146 valence electrons. The van der Waals surface area contributed by atoms with Crippen molar-refractivity contribution in [1.29, 1.82) is 0 Å². The standard InChI is InChI=1S/C22H17NO6/c24-19-17-15(21(26)27)13-10-6-1-2-7-11-14(13)16(22(28)29)18(17)20(25)23(19)12-8-4-3-5-9-12/h1-5,8-9H,6-7,10-11H2,(H,26,27)(H,28,29). The van der Waals surface area contributed by atoms with Crippen molar-refractivity contribution in [2.24, 2.45) is 0 Å². The molecule has 4 rings (SSSR count). The van der Waals surface area contributed by atoms with Gasteiger partial charge in [0.25, 0.3) is 11.8 Å². The first kappa shape index (κ1) is 18.6. The van der Waals surface area contributed by atoms with E-state index in [-0.39, 0.29) is 40.8 Å². The molecule has 2 aliphatic rings. The van der Waals surface area contributed by atoms with Crippen molar-refractivity contribution in [1.82, 2.24) is 0 Å². The first-order valence-electron chi connectivity index (χ1n) is 9.20. The lowest BCUT2D eigenvalue weighted by molar-refractivity contribution is 0.0676. The molecule has 29 heavy (non-hydrogen) atoms. The van der Waals surface area contributed by atoms with E-state index in [1.807, 2.05) is 12.2 Å². The summed E-state index contributed by atoms with van der Waals surface area (Å²) in [5.41, 5.74) is -0.248. The number of hydrogen-bond acceptors (Lipinski definition) is 4. The minimum absolute atomic E-state index is 0.257. The van der Waals surface area contributed by atoms with Gasteiger partial charge < -0.3 is 10.2 Å². The molecule has 0 unspecified atom stereocenters. The van der Waals surface area contributed by atoms with E-state index in [4.69, 9.17) is 0 Å². The highest BCUT2D eigenvalue weighted by atomic mass is 16.4. The Labute approximate surface area is 165 Å². The molecule has 0 spiro atoms. The fourth-order valence-electron chi connectivity index (χ4n) is 4.12. The van der Waals surface area contributed by atoms with Gasteiger partial charge in [-0.3, -0.25) is 9.59 Å². The van der Waals surface area contributed by atoms with Crippen LogP contribution < -0.4 is 4.90 Å². The predicted octanol–water partition coefficient (Wildman–Crippen LogP) is 3.32. The highest BCUT2D eigenvalue weighted by Crippen LogP contribution is 2.38. The maximum atomic E-state index is 13.2. The normalized spacial score (nSPS) is 15.5. The van der Waals surface area contributed by atoms with Gasteiger partial charge in [0.2, 0.25) is 0 Å². The Morgan fingerprint density at radius 3 is 1.62 bits per heavy atom. The number of aromatic carboxylic acids is 2. The van der Waals surface area contributed by atoms with Gasteiger partial charge in [0.1, 0.15) is 0 Å². The van der Waals surface area contributed by atoms with Crippen molar-refractivity contribution in [3.05, 3.63) is 75.9 Å². The minimum Gasteiger partial charge on any atom is -0.478 e. The number of carbonyl (C=O) groups excluding carboxylic acids is 2. The van der Waals surface area contributed by atoms with Gasteiger partial charge in [-0.05, 0) is 48.9 Å². The van der Waals surface area contributed by atoms with Gasteiger partial charge in [0, 0.05) is 0 Å². The molecule has 0 radical (unpaired) electrons. The van der Waals surface area contributed by atoms with E-state index in [1.54, 1.807) is 30.3 Å². The number of carboxylic acid groups (broad SMARTS) is 2. The molecule has 2 aromatic rings. The number of fused-ring (bicyclic) bond motifs is 2. The van der Waals surface area contributed by atoms with Crippen LogP contribution in [0.4, 0.5) is 5.69 Å². The molecule has 0 aromatic heterocycles. The summed E-state index contributed by atoms with van der Waals surface area (Å²) in [6, 6.07) is 8.08. The second-order valence-corrected chi connectivity index (χ2v) is 6.90. The second kappa shape index (κ2) is 7.01. The van der Waals surface area contributed by atoms with Crippen molar-refractivity contribution in [3.63, 3.8) is 0 Å². The average molecular weight is 391 g/mol. The highest BCUT2D eigenvalue weighted by molar-refractivity contribution is 6.38. The van der Waals surface area contributed by atoms with Gasteiger partial charge in [-0.25, -0.2) is 14.5 Å². The van der Waals surface area contributed by atoms with E-state index in [0.717, 1.165) is 4.90 Å². The van der Waals surface area contributed by atoms with Crippen molar-refractivity contribution < 1.29 is 29.4 Å². The summed E-state index contributed by atoms with van der Waals surface area (Å²) < 4.78 is 0. The largest absolute Gasteiger partial charge is 0.478 e. The maximum Gasteiger partial charge on any atom is 0.336 e. The number of hydrogen-bond donors (Lipinski definition) is 2. The summed E-state index contributed by atoms with van der Waals surface area (Å²) in [7, 11) is 0. The summed E-state index contributed by atoms with van der Waals surface area (Å²) >= 11 is 0. The molecule has 0 fully saturated rings. The quantitative estimate of drug-likeness (QED) is 0.613. The van der Waals surface area contributed by atoms with Crippen LogP contribution in [0, 0.1) is 0 Å². The Morgan fingerprint density at radius 1 is 0.759 bits per heavy atom. The second-order valence-electron chi connectivity index (χ2n) is 6.90. The van der Waals surface area contributed by atoms with Crippen LogP contribution in [0.25, 0.3) is 0 Å². The van der Waals surface area contributed by atoms with E-state index in [0.29, 0.717) is 24.0 Å². The minimum atomic E-state index is -1.34. The number of allylic oxidation sites excluding steroid dienone is 2. The average Bonchev–Trinajstić information content (AvgIpc) is 2.91. The summed E-state index contributed by atoms with van der Waals surface area (Å²) in [6.45, 7) is 0. The van der Waals surface area contributed by atoms with Crippen LogP contribution in [0.5, 0.6) is 0 Å². The Hall–Kier alpha value is -3.74. The van der Waals surface area contributed by atoms with E-state index < -0.39 is 23.8 Å². The van der Waals surface area contributed by atoms with Crippen LogP contribution in [0.2, 0.25) is 0 Å².